The van der Waals surface area contributed by atoms with Gasteiger partial charge in [0.1, 0.15) is 5.82 Å². The van der Waals surface area contributed by atoms with Crippen LogP contribution in [0.3, 0.4) is 0 Å². The summed E-state index contributed by atoms with van der Waals surface area (Å²) in [4.78, 5) is 21.8. The molecule has 1 unspecified atom stereocenters. The summed E-state index contributed by atoms with van der Waals surface area (Å²) < 4.78 is 7.74. The number of ether oxygens (including phenoxy) is 1. The van der Waals surface area contributed by atoms with Crippen molar-refractivity contribution in [2.24, 2.45) is 0 Å². The van der Waals surface area contributed by atoms with E-state index in [1.54, 1.807) is 18.3 Å². The fraction of sp³-hybridized carbons (Fsp3) is 0.316. The predicted molar refractivity (Wildman–Crippen MR) is 103 cm³/mol. The molecule has 0 spiro atoms. The quantitative estimate of drug-likeness (QED) is 0.495. The van der Waals surface area contributed by atoms with Crippen LogP contribution in [0.5, 0.6) is 0 Å². The molecule has 1 aromatic carbocycles. The third-order valence-electron chi connectivity index (χ3n) is 4.59. The van der Waals surface area contributed by atoms with Crippen LogP contribution in [0.2, 0.25) is 0 Å². The third kappa shape index (κ3) is 3.99. The Kier molecular flexibility index (Phi) is 4.98. The Morgan fingerprint density at radius 2 is 2.11 bits per heavy atom. The number of morpholine rings is 1. The molecule has 9 nitrogen and oxygen atoms in total. The lowest BCUT2D eigenvalue weighted by Crippen LogP contribution is -2.44. The van der Waals surface area contributed by atoms with Crippen LogP contribution in [0.25, 0.3) is 11.4 Å². The monoisotopic (exact) mass is 380 g/mol. The average Bonchev–Trinajstić information content (AvgIpc) is 3.21. The summed E-state index contributed by atoms with van der Waals surface area (Å²) in [6, 6.07) is 10.1. The summed E-state index contributed by atoms with van der Waals surface area (Å²) in [5.74, 6) is 1.38. The highest BCUT2D eigenvalue weighted by molar-refractivity contribution is 5.60. The van der Waals surface area contributed by atoms with Gasteiger partial charge in [-0.05, 0) is 25.1 Å². The number of hydrogen-bond acceptors (Lipinski definition) is 7. The minimum atomic E-state index is -0.417. The Labute approximate surface area is 161 Å². The molecular weight excluding hydrogens is 360 g/mol. The van der Waals surface area contributed by atoms with E-state index in [4.69, 9.17) is 9.72 Å². The standard InChI is InChI=1S/C19H20N6O3/c1-14-11-18(22-19(21-14)15-3-5-16(6-4-15)25(26)27)23-9-10-28-17(12-23)13-24-8-2-7-20-24/h2-8,11,17H,9-10,12-13H2,1H3. The first-order valence-corrected chi connectivity index (χ1v) is 9.03. The van der Waals surface area contributed by atoms with Crippen LogP contribution in [-0.4, -0.2) is 50.5 Å². The molecule has 144 valence electrons. The summed E-state index contributed by atoms with van der Waals surface area (Å²) in [5.41, 5.74) is 1.64. The molecule has 0 N–H and O–H groups in total. The van der Waals surface area contributed by atoms with Crippen LogP contribution < -0.4 is 4.90 Å². The molecule has 1 fully saturated rings. The Balaban J connectivity index is 1.55. The summed E-state index contributed by atoms with van der Waals surface area (Å²) in [7, 11) is 0. The Morgan fingerprint density at radius 3 is 2.82 bits per heavy atom. The maximum atomic E-state index is 10.9. The predicted octanol–water partition coefficient (Wildman–Crippen LogP) is 2.46. The van der Waals surface area contributed by atoms with E-state index in [0.29, 0.717) is 25.5 Å². The van der Waals surface area contributed by atoms with E-state index >= 15 is 0 Å². The zero-order valence-electron chi connectivity index (χ0n) is 15.4. The molecule has 1 aliphatic rings. The summed E-state index contributed by atoms with van der Waals surface area (Å²) in [5, 5.41) is 15.1. The second kappa shape index (κ2) is 7.73. The van der Waals surface area contributed by atoms with E-state index in [2.05, 4.69) is 15.0 Å². The van der Waals surface area contributed by atoms with E-state index in [0.717, 1.165) is 23.6 Å². The van der Waals surface area contributed by atoms with Gasteiger partial charge in [0.25, 0.3) is 5.69 Å². The fourth-order valence-corrected chi connectivity index (χ4v) is 3.23. The minimum Gasteiger partial charge on any atom is -0.373 e. The molecule has 0 aliphatic carbocycles. The molecule has 0 bridgehead atoms. The van der Waals surface area contributed by atoms with Gasteiger partial charge in [-0.2, -0.15) is 5.10 Å². The highest BCUT2D eigenvalue weighted by atomic mass is 16.6. The number of aryl methyl sites for hydroxylation is 1. The van der Waals surface area contributed by atoms with Crippen molar-refractivity contribution in [1.29, 1.82) is 0 Å². The van der Waals surface area contributed by atoms with E-state index < -0.39 is 4.92 Å². The number of nitro benzene ring substituents is 1. The van der Waals surface area contributed by atoms with Crippen LogP contribution >= 0.6 is 0 Å². The number of nitrogens with zero attached hydrogens (tertiary/aromatic N) is 6. The van der Waals surface area contributed by atoms with Gasteiger partial charge < -0.3 is 9.64 Å². The molecule has 9 heteroatoms. The second-order valence-electron chi connectivity index (χ2n) is 6.66. The van der Waals surface area contributed by atoms with Gasteiger partial charge in [-0.3, -0.25) is 14.8 Å². The number of benzene rings is 1. The molecule has 1 aliphatic heterocycles. The first kappa shape index (κ1) is 18.1. The van der Waals surface area contributed by atoms with Crippen LogP contribution in [0, 0.1) is 17.0 Å². The Hall–Kier alpha value is -3.33. The Morgan fingerprint density at radius 1 is 1.29 bits per heavy atom. The maximum absolute atomic E-state index is 10.9. The fourth-order valence-electron chi connectivity index (χ4n) is 3.23. The van der Waals surface area contributed by atoms with Gasteiger partial charge >= 0.3 is 0 Å². The molecule has 0 radical (unpaired) electrons. The van der Waals surface area contributed by atoms with E-state index in [9.17, 15) is 10.1 Å². The van der Waals surface area contributed by atoms with Gasteiger partial charge in [-0.1, -0.05) is 0 Å². The molecule has 0 amide bonds. The van der Waals surface area contributed by atoms with Crippen molar-refractivity contribution in [3.8, 4) is 11.4 Å². The topological polar surface area (TPSA) is 99.2 Å². The van der Waals surface area contributed by atoms with E-state index in [-0.39, 0.29) is 11.8 Å². The first-order valence-electron chi connectivity index (χ1n) is 9.03. The number of rotatable bonds is 5. The average molecular weight is 380 g/mol. The van der Waals surface area contributed by atoms with Crippen molar-refractivity contribution in [3.63, 3.8) is 0 Å². The Bertz CT molecular complexity index is 958. The summed E-state index contributed by atoms with van der Waals surface area (Å²) in [6.45, 7) is 4.66. The molecule has 4 rings (SSSR count). The van der Waals surface area contributed by atoms with Crippen LogP contribution in [-0.2, 0) is 11.3 Å². The lowest BCUT2D eigenvalue weighted by molar-refractivity contribution is -0.384. The number of hydrogen-bond donors (Lipinski definition) is 0. The smallest absolute Gasteiger partial charge is 0.269 e. The first-order chi connectivity index (χ1) is 13.6. The van der Waals surface area contributed by atoms with Gasteiger partial charge in [-0.15, -0.1) is 0 Å². The summed E-state index contributed by atoms with van der Waals surface area (Å²) in [6.07, 6.45) is 3.70. The number of aromatic nitrogens is 4. The van der Waals surface area contributed by atoms with Crippen LogP contribution in [0.1, 0.15) is 5.69 Å². The highest BCUT2D eigenvalue weighted by Gasteiger charge is 2.23. The molecule has 2 aromatic heterocycles. The van der Waals surface area contributed by atoms with Gasteiger partial charge in [0.15, 0.2) is 5.82 Å². The van der Waals surface area contributed by atoms with Crippen molar-refractivity contribution >= 4 is 11.5 Å². The van der Waals surface area contributed by atoms with E-state index in [1.807, 2.05) is 29.9 Å². The van der Waals surface area contributed by atoms with Crippen molar-refractivity contribution in [3.05, 3.63) is 64.6 Å². The van der Waals surface area contributed by atoms with Crippen molar-refractivity contribution in [2.75, 3.05) is 24.6 Å². The number of nitro groups is 1. The number of non-ortho nitro benzene ring substituents is 1. The lowest BCUT2D eigenvalue weighted by Gasteiger charge is -2.34. The summed E-state index contributed by atoms with van der Waals surface area (Å²) >= 11 is 0. The van der Waals surface area contributed by atoms with Crippen LogP contribution in [0.4, 0.5) is 11.5 Å². The van der Waals surface area contributed by atoms with Gasteiger partial charge in [-0.25, -0.2) is 9.97 Å². The SMILES string of the molecule is Cc1cc(N2CCOC(Cn3cccn3)C2)nc(-c2ccc([N+](=O)[O-])cc2)n1. The van der Waals surface area contributed by atoms with Crippen LogP contribution in [0.15, 0.2) is 48.8 Å². The largest absolute Gasteiger partial charge is 0.373 e. The molecule has 3 aromatic rings. The minimum absolute atomic E-state index is 0.0201. The molecule has 28 heavy (non-hydrogen) atoms. The van der Waals surface area contributed by atoms with Crippen molar-refractivity contribution in [1.82, 2.24) is 19.7 Å². The zero-order chi connectivity index (χ0) is 19.5. The number of anilines is 1. The normalized spacial score (nSPS) is 16.9. The zero-order valence-corrected chi connectivity index (χ0v) is 15.4. The highest BCUT2D eigenvalue weighted by Crippen LogP contribution is 2.24. The molecule has 1 saturated heterocycles. The van der Waals surface area contributed by atoms with Gasteiger partial charge in [0.05, 0.1) is 24.2 Å². The van der Waals surface area contributed by atoms with Gasteiger partial charge in [0, 0.05) is 54.9 Å². The molecular formula is C19H20N6O3. The maximum Gasteiger partial charge on any atom is 0.269 e. The molecule has 3 heterocycles. The lowest BCUT2D eigenvalue weighted by atomic mass is 10.2. The van der Waals surface area contributed by atoms with E-state index in [1.165, 1.54) is 12.1 Å². The van der Waals surface area contributed by atoms with Crippen molar-refractivity contribution < 1.29 is 9.66 Å². The van der Waals surface area contributed by atoms with Gasteiger partial charge in [0.2, 0.25) is 0 Å². The molecule has 1 atom stereocenters. The van der Waals surface area contributed by atoms with Crippen molar-refractivity contribution in [2.45, 2.75) is 19.6 Å². The second-order valence-corrected chi connectivity index (χ2v) is 6.66. The third-order valence-corrected chi connectivity index (χ3v) is 4.59. The molecule has 0 saturated carbocycles.